The highest BCUT2D eigenvalue weighted by atomic mass is 79.9. The van der Waals surface area contributed by atoms with E-state index in [1.54, 1.807) is 12.2 Å². The second-order valence-corrected chi connectivity index (χ2v) is 8.64. The van der Waals surface area contributed by atoms with Gasteiger partial charge in [0.1, 0.15) is 16.7 Å². The van der Waals surface area contributed by atoms with Crippen molar-refractivity contribution in [3.05, 3.63) is 80.6 Å². The minimum absolute atomic E-state index is 0.123. The Bertz CT molecular complexity index is 945. The molecule has 7 heteroatoms. The van der Waals surface area contributed by atoms with Gasteiger partial charge in [0.2, 0.25) is 0 Å². The van der Waals surface area contributed by atoms with Gasteiger partial charge in [0.25, 0.3) is 5.91 Å². The molecule has 27 heavy (non-hydrogen) atoms. The first kappa shape index (κ1) is 20.1. The second kappa shape index (κ2) is 9.06. The third kappa shape index (κ3) is 4.82. The van der Waals surface area contributed by atoms with Crippen molar-refractivity contribution in [1.29, 1.82) is 0 Å². The summed E-state index contributed by atoms with van der Waals surface area (Å²) in [7, 11) is 0. The Morgan fingerprint density at radius 1 is 1.30 bits per heavy atom. The maximum absolute atomic E-state index is 12.6. The summed E-state index contributed by atoms with van der Waals surface area (Å²) >= 11 is 16.2. The van der Waals surface area contributed by atoms with Gasteiger partial charge in [-0.05, 0) is 30.3 Å². The summed E-state index contributed by atoms with van der Waals surface area (Å²) in [4.78, 5) is 14.6. The number of carbonyl (C=O) groups is 1. The van der Waals surface area contributed by atoms with Crippen LogP contribution in [-0.2, 0) is 11.4 Å². The highest BCUT2D eigenvalue weighted by molar-refractivity contribution is 9.10. The number of rotatable bonds is 6. The van der Waals surface area contributed by atoms with Gasteiger partial charge in [-0.1, -0.05) is 75.8 Å². The molecule has 1 aliphatic heterocycles. The van der Waals surface area contributed by atoms with Gasteiger partial charge < -0.3 is 4.74 Å². The van der Waals surface area contributed by atoms with Crippen LogP contribution in [-0.4, -0.2) is 21.7 Å². The molecule has 0 unspecified atom stereocenters. The molecule has 3 rings (SSSR count). The third-order valence-corrected chi connectivity index (χ3v) is 6.02. The Morgan fingerprint density at radius 3 is 2.81 bits per heavy atom. The minimum Gasteiger partial charge on any atom is -0.488 e. The maximum Gasteiger partial charge on any atom is 0.266 e. The standard InChI is InChI=1S/C20H15BrClNO2S2/c1-2-9-23-19(24)18(27-20(23)26)11-14-10-15(21)7-8-17(14)25-12-13-5-3-4-6-16(13)22/h2-8,10-11H,1,9,12H2/b18-11-. The topological polar surface area (TPSA) is 29.5 Å². The number of halogens is 2. The van der Waals surface area contributed by atoms with Crippen LogP contribution in [0.1, 0.15) is 11.1 Å². The van der Waals surface area contributed by atoms with Crippen LogP contribution in [0.4, 0.5) is 0 Å². The van der Waals surface area contributed by atoms with Crippen LogP contribution < -0.4 is 4.74 Å². The second-order valence-electron chi connectivity index (χ2n) is 5.64. The predicted octanol–water partition coefficient (Wildman–Crippen LogP) is 6.07. The number of carbonyl (C=O) groups excluding carboxylic acids is 1. The van der Waals surface area contributed by atoms with E-state index in [1.807, 2.05) is 42.5 Å². The molecule has 0 saturated carbocycles. The van der Waals surface area contributed by atoms with Crippen molar-refractivity contribution in [1.82, 2.24) is 4.90 Å². The zero-order valence-corrected chi connectivity index (χ0v) is 18.1. The zero-order valence-electron chi connectivity index (χ0n) is 14.2. The Hall–Kier alpha value is -1.60. The normalized spacial score (nSPS) is 15.5. The molecule has 2 aromatic carbocycles. The molecule has 0 radical (unpaired) electrons. The molecule has 0 N–H and O–H groups in total. The number of thioether (sulfide) groups is 1. The number of ether oxygens (including phenoxy) is 1. The molecule has 0 spiro atoms. The van der Waals surface area contributed by atoms with Crippen LogP contribution in [0.3, 0.4) is 0 Å². The van der Waals surface area contributed by atoms with Crippen molar-refractivity contribution >= 4 is 67.8 Å². The number of hydrogen-bond acceptors (Lipinski definition) is 4. The van der Waals surface area contributed by atoms with Crippen LogP contribution in [0.2, 0.25) is 5.02 Å². The van der Waals surface area contributed by atoms with Crippen molar-refractivity contribution in [2.75, 3.05) is 6.54 Å². The van der Waals surface area contributed by atoms with E-state index in [9.17, 15) is 4.79 Å². The monoisotopic (exact) mass is 479 g/mol. The molecule has 0 aromatic heterocycles. The van der Waals surface area contributed by atoms with Gasteiger partial charge in [0, 0.05) is 27.2 Å². The van der Waals surface area contributed by atoms with Crippen molar-refractivity contribution < 1.29 is 9.53 Å². The lowest BCUT2D eigenvalue weighted by atomic mass is 10.1. The molecule has 3 nitrogen and oxygen atoms in total. The number of hydrogen-bond donors (Lipinski definition) is 0. The molecule has 2 aromatic rings. The number of thiocarbonyl (C=S) groups is 1. The van der Waals surface area contributed by atoms with Crippen LogP contribution in [0.25, 0.3) is 6.08 Å². The van der Waals surface area contributed by atoms with E-state index in [0.29, 0.717) is 33.1 Å². The Labute approximate surface area is 181 Å². The predicted molar refractivity (Wildman–Crippen MR) is 120 cm³/mol. The Balaban J connectivity index is 1.86. The number of amides is 1. The third-order valence-electron chi connectivity index (χ3n) is 3.78. The summed E-state index contributed by atoms with van der Waals surface area (Å²) in [6, 6.07) is 13.2. The molecule has 1 amide bonds. The van der Waals surface area contributed by atoms with Crippen LogP contribution in [0.5, 0.6) is 5.75 Å². The van der Waals surface area contributed by atoms with Gasteiger partial charge in [0.15, 0.2) is 0 Å². The number of nitrogens with zero attached hydrogens (tertiary/aromatic N) is 1. The molecular weight excluding hydrogens is 466 g/mol. The van der Waals surface area contributed by atoms with E-state index in [0.717, 1.165) is 15.6 Å². The summed E-state index contributed by atoms with van der Waals surface area (Å²) in [5, 5.41) is 0.654. The van der Waals surface area contributed by atoms with Gasteiger partial charge in [-0.25, -0.2) is 0 Å². The first-order valence-electron chi connectivity index (χ1n) is 8.01. The van der Waals surface area contributed by atoms with Crippen LogP contribution in [0.15, 0.2) is 64.5 Å². The molecule has 138 valence electrons. The summed E-state index contributed by atoms with van der Waals surface area (Å²) in [6.45, 7) is 4.40. The summed E-state index contributed by atoms with van der Waals surface area (Å²) in [5.74, 6) is 0.536. The van der Waals surface area contributed by atoms with E-state index in [-0.39, 0.29) is 5.91 Å². The van der Waals surface area contributed by atoms with Gasteiger partial charge in [-0.2, -0.15) is 0 Å². The van der Waals surface area contributed by atoms with Gasteiger partial charge in [-0.3, -0.25) is 9.69 Å². The van der Waals surface area contributed by atoms with E-state index in [2.05, 4.69) is 22.5 Å². The largest absolute Gasteiger partial charge is 0.488 e. The fourth-order valence-electron chi connectivity index (χ4n) is 2.46. The molecule has 0 atom stereocenters. The van der Waals surface area contributed by atoms with E-state index in [1.165, 1.54) is 16.7 Å². The van der Waals surface area contributed by atoms with Gasteiger partial charge in [-0.15, -0.1) is 6.58 Å². The maximum atomic E-state index is 12.6. The summed E-state index contributed by atoms with van der Waals surface area (Å²) in [5.41, 5.74) is 1.68. The summed E-state index contributed by atoms with van der Waals surface area (Å²) in [6.07, 6.45) is 3.46. The molecule has 0 bridgehead atoms. The Morgan fingerprint density at radius 2 is 2.07 bits per heavy atom. The minimum atomic E-state index is -0.123. The number of benzene rings is 2. The van der Waals surface area contributed by atoms with Crippen molar-refractivity contribution in [3.8, 4) is 5.75 Å². The van der Waals surface area contributed by atoms with E-state index >= 15 is 0 Å². The lowest BCUT2D eigenvalue weighted by Gasteiger charge is -2.12. The molecule has 1 saturated heterocycles. The highest BCUT2D eigenvalue weighted by Crippen LogP contribution is 2.35. The first-order valence-corrected chi connectivity index (χ1v) is 10.4. The van der Waals surface area contributed by atoms with Crippen LogP contribution >= 0.6 is 51.5 Å². The smallest absolute Gasteiger partial charge is 0.266 e. The van der Waals surface area contributed by atoms with Crippen molar-refractivity contribution in [2.45, 2.75) is 6.61 Å². The lowest BCUT2D eigenvalue weighted by Crippen LogP contribution is -2.27. The lowest BCUT2D eigenvalue weighted by molar-refractivity contribution is -0.121. The van der Waals surface area contributed by atoms with Crippen molar-refractivity contribution in [2.24, 2.45) is 0 Å². The molecule has 1 fully saturated rings. The highest BCUT2D eigenvalue weighted by Gasteiger charge is 2.31. The molecule has 0 aliphatic carbocycles. The molecule has 1 aliphatic rings. The van der Waals surface area contributed by atoms with Crippen molar-refractivity contribution in [3.63, 3.8) is 0 Å². The fourth-order valence-corrected chi connectivity index (χ4v) is 4.30. The van der Waals surface area contributed by atoms with Crippen LogP contribution in [0, 0.1) is 0 Å². The van der Waals surface area contributed by atoms with Gasteiger partial charge in [0.05, 0.1) is 4.91 Å². The van der Waals surface area contributed by atoms with Gasteiger partial charge >= 0.3 is 0 Å². The summed E-state index contributed by atoms with van der Waals surface area (Å²) < 4.78 is 7.39. The quantitative estimate of drug-likeness (QED) is 0.285. The fraction of sp³-hybridized carbons (Fsp3) is 0.100. The van der Waals surface area contributed by atoms with E-state index < -0.39 is 0 Å². The average Bonchev–Trinajstić information content (AvgIpc) is 2.90. The molecular formula is C20H15BrClNO2S2. The van der Waals surface area contributed by atoms with E-state index in [4.69, 9.17) is 28.6 Å². The zero-order chi connectivity index (χ0) is 19.4. The average molecular weight is 481 g/mol. The Kier molecular flexibility index (Phi) is 6.76. The molecule has 1 heterocycles. The first-order chi connectivity index (χ1) is 13.0. The SMILES string of the molecule is C=CCN1C(=O)/C(=C/c2cc(Br)ccc2OCc2ccccc2Cl)SC1=S.